The molecule has 3 rings (SSSR count). The summed E-state index contributed by atoms with van der Waals surface area (Å²) in [6, 6.07) is 8.91. The van der Waals surface area contributed by atoms with Gasteiger partial charge in [-0.25, -0.2) is 0 Å². The van der Waals surface area contributed by atoms with E-state index in [0.29, 0.717) is 34.1 Å². The van der Waals surface area contributed by atoms with Crippen molar-refractivity contribution in [1.29, 1.82) is 0 Å². The van der Waals surface area contributed by atoms with Crippen LogP contribution in [-0.2, 0) is 11.3 Å². The third-order valence-corrected chi connectivity index (χ3v) is 4.24. The average molecular weight is 356 g/mol. The molecule has 8 heteroatoms. The van der Waals surface area contributed by atoms with Crippen molar-refractivity contribution in [2.24, 2.45) is 0 Å². The molecule has 0 bridgehead atoms. The summed E-state index contributed by atoms with van der Waals surface area (Å²) in [4.78, 5) is 29.0. The number of amides is 2. The van der Waals surface area contributed by atoms with E-state index in [1.807, 2.05) is 6.07 Å². The standard InChI is InChI=1S/C17H16N4O3S/c1-2-13(22)20-15-14(12-7-3-4-8-18-12)21-25-16(15)17(23)19-10-11-6-5-9-24-11/h3-9H,2,10H2,1H3,(H,19,23)(H,20,22). The Balaban J connectivity index is 1.88. The van der Waals surface area contributed by atoms with E-state index in [0.717, 1.165) is 11.5 Å². The maximum atomic E-state index is 12.5. The summed E-state index contributed by atoms with van der Waals surface area (Å²) < 4.78 is 9.52. The molecule has 0 saturated carbocycles. The smallest absolute Gasteiger partial charge is 0.265 e. The minimum Gasteiger partial charge on any atom is -0.467 e. The molecule has 128 valence electrons. The molecule has 0 radical (unpaired) electrons. The minimum absolute atomic E-state index is 0.197. The molecule has 0 fully saturated rings. The minimum atomic E-state index is -0.331. The van der Waals surface area contributed by atoms with E-state index in [-0.39, 0.29) is 18.4 Å². The maximum Gasteiger partial charge on any atom is 0.265 e. The van der Waals surface area contributed by atoms with Gasteiger partial charge < -0.3 is 15.1 Å². The third-order valence-electron chi connectivity index (χ3n) is 3.39. The van der Waals surface area contributed by atoms with Crippen LogP contribution in [0.25, 0.3) is 11.4 Å². The largest absolute Gasteiger partial charge is 0.467 e. The van der Waals surface area contributed by atoms with Crippen LogP contribution in [0.4, 0.5) is 5.69 Å². The summed E-state index contributed by atoms with van der Waals surface area (Å²) in [5, 5.41) is 5.53. The van der Waals surface area contributed by atoms with Gasteiger partial charge in [-0.2, -0.15) is 4.37 Å². The van der Waals surface area contributed by atoms with Gasteiger partial charge in [0.1, 0.15) is 16.3 Å². The molecule has 0 unspecified atom stereocenters. The molecule has 0 aliphatic carbocycles. The molecule has 2 N–H and O–H groups in total. The highest BCUT2D eigenvalue weighted by Gasteiger charge is 2.23. The highest BCUT2D eigenvalue weighted by Crippen LogP contribution is 2.32. The van der Waals surface area contributed by atoms with Crippen LogP contribution in [0.1, 0.15) is 28.8 Å². The molecule has 3 aromatic heterocycles. The number of hydrogen-bond acceptors (Lipinski definition) is 6. The van der Waals surface area contributed by atoms with Crippen molar-refractivity contribution in [1.82, 2.24) is 14.7 Å². The first kappa shape index (κ1) is 16.8. The Morgan fingerprint density at radius 2 is 2.12 bits per heavy atom. The SMILES string of the molecule is CCC(=O)Nc1c(-c2ccccn2)nsc1C(=O)NCc1ccco1. The lowest BCUT2D eigenvalue weighted by Crippen LogP contribution is -2.23. The van der Waals surface area contributed by atoms with Gasteiger partial charge in [0.05, 0.1) is 24.2 Å². The molecule has 0 spiro atoms. The summed E-state index contributed by atoms with van der Waals surface area (Å²) >= 11 is 1.02. The number of pyridine rings is 1. The van der Waals surface area contributed by atoms with Gasteiger partial charge in [0.2, 0.25) is 5.91 Å². The van der Waals surface area contributed by atoms with Crippen molar-refractivity contribution in [2.45, 2.75) is 19.9 Å². The fraction of sp³-hybridized carbons (Fsp3) is 0.176. The monoisotopic (exact) mass is 356 g/mol. The van der Waals surface area contributed by atoms with Gasteiger partial charge in [-0.3, -0.25) is 14.6 Å². The highest BCUT2D eigenvalue weighted by atomic mass is 32.1. The fourth-order valence-corrected chi connectivity index (χ4v) is 2.89. The van der Waals surface area contributed by atoms with Crippen molar-refractivity contribution in [3.8, 4) is 11.4 Å². The van der Waals surface area contributed by atoms with Gasteiger partial charge in [0.25, 0.3) is 5.91 Å². The Kier molecular flexibility index (Phi) is 5.20. The zero-order valence-corrected chi connectivity index (χ0v) is 14.3. The van der Waals surface area contributed by atoms with E-state index in [4.69, 9.17) is 4.42 Å². The van der Waals surface area contributed by atoms with E-state index in [2.05, 4.69) is 20.0 Å². The summed E-state index contributed by atoms with van der Waals surface area (Å²) in [7, 11) is 0. The summed E-state index contributed by atoms with van der Waals surface area (Å²) in [5.74, 6) is 0.113. The summed E-state index contributed by atoms with van der Waals surface area (Å²) in [6.07, 6.45) is 3.47. The van der Waals surface area contributed by atoms with E-state index in [1.165, 1.54) is 0 Å². The Morgan fingerprint density at radius 3 is 2.80 bits per heavy atom. The van der Waals surface area contributed by atoms with E-state index in [9.17, 15) is 9.59 Å². The maximum absolute atomic E-state index is 12.5. The molecule has 7 nitrogen and oxygen atoms in total. The van der Waals surface area contributed by atoms with E-state index in [1.54, 1.807) is 43.6 Å². The number of hydrogen-bond donors (Lipinski definition) is 2. The number of furan rings is 1. The van der Waals surface area contributed by atoms with Crippen LogP contribution in [0, 0.1) is 0 Å². The predicted octanol–water partition coefficient (Wildman–Crippen LogP) is 3.08. The predicted molar refractivity (Wildman–Crippen MR) is 94.1 cm³/mol. The van der Waals surface area contributed by atoms with Crippen molar-refractivity contribution in [2.75, 3.05) is 5.32 Å². The number of carbonyl (C=O) groups is 2. The number of anilines is 1. The van der Waals surface area contributed by atoms with Gasteiger partial charge in [0, 0.05) is 12.6 Å². The van der Waals surface area contributed by atoms with Crippen molar-refractivity contribution < 1.29 is 14.0 Å². The molecule has 2 amide bonds. The van der Waals surface area contributed by atoms with Crippen LogP contribution in [0.15, 0.2) is 47.2 Å². The third kappa shape index (κ3) is 3.92. The van der Waals surface area contributed by atoms with Gasteiger partial charge in [-0.15, -0.1) is 0 Å². The zero-order chi connectivity index (χ0) is 17.6. The molecular formula is C17H16N4O3S. The quantitative estimate of drug-likeness (QED) is 0.707. The number of aromatic nitrogens is 2. The Hall–Kier alpha value is -3.00. The summed E-state index contributed by atoms with van der Waals surface area (Å²) in [6.45, 7) is 2.00. The van der Waals surface area contributed by atoms with Crippen LogP contribution in [0.3, 0.4) is 0 Å². The molecule has 25 heavy (non-hydrogen) atoms. The zero-order valence-electron chi connectivity index (χ0n) is 13.5. The highest BCUT2D eigenvalue weighted by molar-refractivity contribution is 7.09. The lowest BCUT2D eigenvalue weighted by atomic mass is 10.2. The first-order valence-electron chi connectivity index (χ1n) is 7.70. The summed E-state index contributed by atoms with van der Waals surface area (Å²) in [5.41, 5.74) is 1.46. The van der Waals surface area contributed by atoms with E-state index >= 15 is 0 Å². The Morgan fingerprint density at radius 1 is 1.24 bits per heavy atom. The van der Waals surface area contributed by atoms with Gasteiger partial charge in [-0.05, 0) is 35.8 Å². The van der Waals surface area contributed by atoms with Crippen LogP contribution in [0.2, 0.25) is 0 Å². The molecule has 0 aliphatic rings. The molecule has 0 saturated heterocycles. The lowest BCUT2D eigenvalue weighted by molar-refractivity contribution is -0.115. The van der Waals surface area contributed by atoms with Crippen LogP contribution >= 0.6 is 11.5 Å². The Labute approximate surface area is 148 Å². The number of rotatable bonds is 6. The number of nitrogens with zero attached hydrogens (tertiary/aromatic N) is 2. The molecule has 0 aliphatic heterocycles. The number of nitrogens with one attached hydrogen (secondary N) is 2. The van der Waals surface area contributed by atoms with Crippen molar-refractivity contribution in [3.05, 3.63) is 53.4 Å². The van der Waals surface area contributed by atoms with Gasteiger partial charge in [-0.1, -0.05) is 13.0 Å². The second kappa shape index (κ2) is 7.71. The van der Waals surface area contributed by atoms with Gasteiger partial charge >= 0.3 is 0 Å². The van der Waals surface area contributed by atoms with Crippen LogP contribution in [-0.4, -0.2) is 21.2 Å². The Bertz CT molecular complexity index is 859. The molecular weight excluding hydrogens is 340 g/mol. The molecule has 0 aromatic carbocycles. The second-order valence-corrected chi connectivity index (χ2v) is 5.89. The van der Waals surface area contributed by atoms with Crippen molar-refractivity contribution in [3.63, 3.8) is 0 Å². The molecule has 0 atom stereocenters. The molecule has 3 aromatic rings. The van der Waals surface area contributed by atoms with Crippen LogP contribution < -0.4 is 10.6 Å². The number of carbonyl (C=O) groups excluding carboxylic acids is 2. The van der Waals surface area contributed by atoms with Crippen LogP contribution in [0.5, 0.6) is 0 Å². The second-order valence-electron chi connectivity index (χ2n) is 5.11. The first-order chi connectivity index (χ1) is 12.2. The lowest BCUT2D eigenvalue weighted by Gasteiger charge is -2.07. The average Bonchev–Trinajstić information content (AvgIpc) is 3.30. The van der Waals surface area contributed by atoms with Gasteiger partial charge in [0.15, 0.2) is 0 Å². The normalized spacial score (nSPS) is 10.4. The topological polar surface area (TPSA) is 97.1 Å². The van der Waals surface area contributed by atoms with E-state index < -0.39 is 0 Å². The first-order valence-corrected chi connectivity index (χ1v) is 8.48. The molecule has 3 heterocycles. The fourth-order valence-electron chi connectivity index (χ4n) is 2.13. The van der Waals surface area contributed by atoms with Crippen molar-refractivity contribution >= 4 is 29.0 Å².